The molecule has 1 aromatic rings. The average Bonchev–Trinajstić information content (AvgIpc) is 2.57. The topological polar surface area (TPSA) is 20.2 Å². The number of aliphatic hydroxyl groups is 1. The van der Waals surface area contributed by atoms with Gasteiger partial charge in [-0.1, -0.05) is 55.5 Å². The van der Waals surface area contributed by atoms with Crippen molar-refractivity contribution >= 4 is 11.6 Å². The smallest absolute Gasteiger partial charge is 0.0832 e. The summed E-state index contributed by atoms with van der Waals surface area (Å²) < 4.78 is 0. The molecule has 1 N–H and O–H groups in total. The lowest BCUT2D eigenvalue weighted by molar-refractivity contribution is 0.0989. The van der Waals surface area contributed by atoms with Crippen molar-refractivity contribution in [3.63, 3.8) is 0 Å². The fourth-order valence-corrected chi connectivity index (χ4v) is 2.84. The van der Waals surface area contributed by atoms with E-state index in [2.05, 4.69) is 0 Å². The van der Waals surface area contributed by atoms with E-state index in [0.29, 0.717) is 10.9 Å². The Labute approximate surface area is 102 Å². The monoisotopic (exact) mass is 238 g/mol. The summed E-state index contributed by atoms with van der Waals surface area (Å²) in [6.07, 6.45) is 6.99. The van der Waals surface area contributed by atoms with Crippen molar-refractivity contribution in [1.29, 1.82) is 0 Å². The van der Waals surface area contributed by atoms with E-state index in [1.807, 2.05) is 24.3 Å². The van der Waals surface area contributed by atoms with Crippen molar-refractivity contribution in [2.24, 2.45) is 5.92 Å². The van der Waals surface area contributed by atoms with Gasteiger partial charge in [0, 0.05) is 5.02 Å². The molecule has 0 aromatic heterocycles. The minimum Gasteiger partial charge on any atom is -0.388 e. The number of rotatable bonds is 2. The Morgan fingerprint density at radius 3 is 2.31 bits per heavy atom. The Bertz CT molecular complexity index is 329. The van der Waals surface area contributed by atoms with E-state index in [1.165, 1.54) is 25.7 Å². The highest BCUT2D eigenvalue weighted by Crippen LogP contribution is 2.35. The van der Waals surface area contributed by atoms with Crippen LogP contribution in [0.4, 0.5) is 0 Å². The van der Waals surface area contributed by atoms with Crippen LogP contribution in [0.1, 0.15) is 50.2 Å². The summed E-state index contributed by atoms with van der Waals surface area (Å²) in [5.41, 5.74) is 0.899. The summed E-state index contributed by atoms with van der Waals surface area (Å²) in [6, 6.07) is 7.65. The van der Waals surface area contributed by atoms with Gasteiger partial charge in [-0.15, -0.1) is 0 Å². The van der Waals surface area contributed by atoms with Gasteiger partial charge in [-0.2, -0.15) is 0 Å². The number of hydrogen-bond donors (Lipinski definition) is 1. The standard InChI is InChI=1S/C14H19ClO/c15-13-10-6-5-9-12(13)14(16)11-7-3-1-2-4-8-11/h5-6,9-11,14,16H,1-4,7-8H2. The van der Waals surface area contributed by atoms with Crippen molar-refractivity contribution in [2.75, 3.05) is 0 Å². The molecule has 0 bridgehead atoms. The van der Waals surface area contributed by atoms with Gasteiger partial charge in [0.2, 0.25) is 0 Å². The molecule has 1 atom stereocenters. The molecule has 0 radical (unpaired) electrons. The van der Waals surface area contributed by atoms with Crippen LogP contribution in [-0.4, -0.2) is 5.11 Å². The van der Waals surface area contributed by atoms with Gasteiger partial charge in [-0.3, -0.25) is 0 Å². The predicted octanol–water partition coefficient (Wildman–Crippen LogP) is 4.34. The highest BCUT2D eigenvalue weighted by atomic mass is 35.5. The van der Waals surface area contributed by atoms with Gasteiger partial charge in [0.25, 0.3) is 0 Å². The lowest BCUT2D eigenvalue weighted by atomic mass is 9.89. The lowest BCUT2D eigenvalue weighted by Gasteiger charge is -2.22. The average molecular weight is 239 g/mol. The maximum atomic E-state index is 10.4. The summed E-state index contributed by atoms with van der Waals surface area (Å²) >= 11 is 6.12. The molecular weight excluding hydrogens is 220 g/mol. The number of hydrogen-bond acceptors (Lipinski definition) is 1. The third kappa shape index (κ3) is 2.78. The van der Waals surface area contributed by atoms with Crippen LogP contribution < -0.4 is 0 Å². The van der Waals surface area contributed by atoms with Crippen LogP contribution in [0.25, 0.3) is 0 Å². The highest BCUT2D eigenvalue weighted by molar-refractivity contribution is 6.31. The summed E-state index contributed by atoms with van der Waals surface area (Å²) in [4.78, 5) is 0. The number of benzene rings is 1. The molecule has 1 nitrogen and oxygen atoms in total. The highest BCUT2D eigenvalue weighted by Gasteiger charge is 2.23. The minimum atomic E-state index is -0.383. The van der Waals surface area contributed by atoms with Crippen molar-refractivity contribution < 1.29 is 5.11 Å². The van der Waals surface area contributed by atoms with Crippen molar-refractivity contribution in [3.05, 3.63) is 34.9 Å². The zero-order valence-corrected chi connectivity index (χ0v) is 10.3. The van der Waals surface area contributed by atoms with Gasteiger partial charge < -0.3 is 5.11 Å². The number of aliphatic hydroxyl groups excluding tert-OH is 1. The quantitative estimate of drug-likeness (QED) is 0.760. The Morgan fingerprint density at radius 1 is 1.06 bits per heavy atom. The zero-order chi connectivity index (χ0) is 11.4. The Balaban J connectivity index is 2.11. The number of halogens is 1. The third-order valence-electron chi connectivity index (χ3n) is 3.57. The first-order chi connectivity index (χ1) is 7.79. The zero-order valence-electron chi connectivity index (χ0n) is 9.53. The van der Waals surface area contributed by atoms with E-state index in [-0.39, 0.29) is 6.10 Å². The van der Waals surface area contributed by atoms with Crippen molar-refractivity contribution in [2.45, 2.75) is 44.6 Å². The maximum absolute atomic E-state index is 10.4. The van der Waals surface area contributed by atoms with E-state index < -0.39 is 0 Å². The second-order valence-electron chi connectivity index (χ2n) is 4.72. The normalized spacial score (nSPS) is 20.4. The van der Waals surface area contributed by atoms with Crippen molar-refractivity contribution in [1.82, 2.24) is 0 Å². The fourth-order valence-electron chi connectivity index (χ4n) is 2.60. The van der Waals surface area contributed by atoms with Crippen LogP contribution in [0, 0.1) is 5.92 Å². The molecule has 1 aliphatic carbocycles. The SMILES string of the molecule is OC(c1ccccc1Cl)C1CCCCCC1. The van der Waals surface area contributed by atoms with Gasteiger partial charge >= 0.3 is 0 Å². The van der Waals surface area contributed by atoms with Crippen LogP contribution in [0.15, 0.2) is 24.3 Å². The van der Waals surface area contributed by atoms with Crippen LogP contribution in [0.3, 0.4) is 0 Å². The predicted molar refractivity (Wildman–Crippen MR) is 67.6 cm³/mol. The molecule has 16 heavy (non-hydrogen) atoms. The molecular formula is C14H19ClO. The van der Waals surface area contributed by atoms with E-state index in [9.17, 15) is 5.11 Å². The fraction of sp³-hybridized carbons (Fsp3) is 0.571. The van der Waals surface area contributed by atoms with Crippen LogP contribution >= 0.6 is 11.6 Å². The molecule has 0 aliphatic heterocycles. The molecule has 2 heteroatoms. The van der Waals surface area contributed by atoms with Crippen LogP contribution in [0.5, 0.6) is 0 Å². The van der Waals surface area contributed by atoms with Gasteiger partial charge in [0.15, 0.2) is 0 Å². The molecule has 88 valence electrons. The molecule has 1 saturated carbocycles. The molecule has 2 rings (SSSR count). The first kappa shape index (κ1) is 11.9. The Morgan fingerprint density at radius 2 is 1.69 bits per heavy atom. The molecule has 1 unspecified atom stereocenters. The minimum absolute atomic E-state index is 0.383. The van der Waals surface area contributed by atoms with Gasteiger partial charge in [-0.05, 0) is 30.4 Å². The second kappa shape index (κ2) is 5.70. The maximum Gasteiger partial charge on any atom is 0.0832 e. The van der Waals surface area contributed by atoms with E-state index in [1.54, 1.807) is 0 Å². The molecule has 1 aliphatic rings. The third-order valence-corrected chi connectivity index (χ3v) is 3.91. The van der Waals surface area contributed by atoms with Gasteiger partial charge in [0.05, 0.1) is 6.10 Å². The molecule has 1 aromatic carbocycles. The second-order valence-corrected chi connectivity index (χ2v) is 5.13. The van der Waals surface area contributed by atoms with Crippen LogP contribution in [-0.2, 0) is 0 Å². The first-order valence-electron chi connectivity index (χ1n) is 6.21. The van der Waals surface area contributed by atoms with Gasteiger partial charge in [0.1, 0.15) is 0 Å². The van der Waals surface area contributed by atoms with E-state index >= 15 is 0 Å². The summed E-state index contributed by atoms with van der Waals surface area (Å²) in [5.74, 6) is 0.391. The summed E-state index contributed by atoms with van der Waals surface area (Å²) in [6.45, 7) is 0. The summed E-state index contributed by atoms with van der Waals surface area (Å²) in [5, 5.41) is 11.1. The van der Waals surface area contributed by atoms with Crippen molar-refractivity contribution in [3.8, 4) is 0 Å². The van der Waals surface area contributed by atoms with E-state index in [4.69, 9.17) is 11.6 Å². The molecule has 1 fully saturated rings. The summed E-state index contributed by atoms with van der Waals surface area (Å²) in [7, 11) is 0. The van der Waals surface area contributed by atoms with Crippen LogP contribution in [0.2, 0.25) is 5.02 Å². The lowest BCUT2D eigenvalue weighted by Crippen LogP contribution is -2.12. The molecule has 0 saturated heterocycles. The molecule has 0 heterocycles. The van der Waals surface area contributed by atoms with Gasteiger partial charge in [-0.25, -0.2) is 0 Å². The largest absolute Gasteiger partial charge is 0.388 e. The van der Waals surface area contributed by atoms with E-state index in [0.717, 1.165) is 18.4 Å². The molecule has 0 amide bonds. The Hall–Kier alpha value is -0.530. The Kier molecular flexibility index (Phi) is 4.25. The molecule has 0 spiro atoms. The first-order valence-corrected chi connectivity index (χ1v) is 6.59.